The van der Waals surface area contributed by atoms with Gasteiger partial charge in [0.25, 0.3) is 0 Å². The summed E-state index contributed by atoms with van der Waals surface area (Å²) in [6, 6.07) is 3.85. The van der Waals surface area contributed by atoms with Crippen LogP contribution in [0.4, 0.5) is 0 Å². The van der Waals surface area contributed by atoms with Crippen LogP contribution in [0.2, 0.25) is 5.02 Å². The van der Waals surface area contributed by atoms with Crippen LogP contribution < -0.4 is 14.8 Å². The summed E-state index contributed by atoms with van der Waals surface area (Å²) in [5.74, 6) is 1.26. The van der Waals surface area contributed by atoms with E-state index in [9.17, 15) is 0 Å². The lowest BCUT2D eigenvalue weighted by molar-refractivity contribution is 0.296. The van der Waals surface area contributed by atoms with Crippen molar-refractivity contribution in [2.24, 2.45) is 0 Å². The fourth-order valence-corrected chi connectivity index (χ4v) is 1.83. The molecule has 1 aromatic rings. The number of hydrogen-bond donors (Lipinski definition) is 1. The van der Waals surface area contributed by atoms with Gasteiger partial charge in [0.15, 0.2) is 11.5 Å². The third-order valence-electron chi connectivity index (χ3n) is 2.29. The zero-order chi connectivity index (χ0) is 13.4. The van der Waals surface area contributed by atoms with Crippen LogP contribution in [0.3, 0.4) is 0 Å². The van der Waals surface area contributed by atoms with Gasteiger partial charge < -0.3 is 14.8 Å². The van der Waals surface area contributed by atoms with Crippen LogP contribution in [0.15, 0.2) is 24.8 Å². The topological polar surface area (TPSA) is 30.5 Å². The summed E-state index contributed by atoms with van der Waals surface area (Å²) in [5.41, 5.74) is 1.08. The number of benzene rings is 1. The quantitative estimate of drug-likeness (QED) is 0.734. The molecule has 0 bridgehead atoms. The summed E-state index contributed by atoms with van der Waals surface area (Å²) in [6.07, 6.45) is 1.68. The van der Waals surface area contributed by atoms with Crippen LogP contribution in [-0.2, 0) is 6.54 Å². The second-order valence-electron chi connectivity index (χ2n) is 3.72. The lowest BCUT2D eigenvalue weighted by Gasteiger charge is -2.14. The third-order valence-corrected chi connectivity index (χ3v) is 2.57. The Hall–Kier alpha value is -1.19. The molecule has 18 heavy (non-hydrogen) atoms. The van der Waals surface area contributed by atoms with Crippen LogP contribution in [0.25, 0.3) is 0 Å². The first kappa shape index (κ1) is 14.9. The van der Waals surface area contributed by atoms with E-state index < -0.39 is 0 Å². The minimum atomic E-state index is 0.409. The number of rotatable bonds is 8. The van der Waals surface area contributed by atoms with E-state index in [0.717, 1.165) is 18.7 Å². The molecule has 0 amide bonds. The Morgan fingerprint density at radius 1 is 1.33 bits per heavy atom. The second kappa shape index (κ2) is 8.01. The lowest BCUT2D eigenvalue weighted by atomic mass is 10.2. The second-order valence-corrected chi connectivity index (χ2v) is 4.13. The maximum absolute atomic E-state index is 6.22. The van der Waals surface area contributed by atoms with E-state index in [2.05, 4.69) is 18.8 Å². The van der Waals surface area contributed by atoms with Crippen molar-refractivity contribution in [1.29, 1.82) is 0 Å². The van der Waals surface area contributed by atoms with E-state index in [-0.39, 0.29) is 0 Å². The molecule has 0 aliphatic carbocycles. The Labute approximate surface area is 114 Å². The van der Waals surface area contributed by atoms with Crippen molar-refractivity contribution in [1.82, 2.24) is 5.32 Å². The molecule has 3 nitrogen and oxygen atoms in total. The van der Waals surface area contributed by atoms with Crippen LogP contribution in [0, 0.1) is 0 Å². The maximum Gasteiger partial charge on any atom is 0.180 e. The molecule has 0 saturated heterocycles. The zero-order valence-corrected chi connectivity index (χ0v) is 11.7. The molecule has 0 fully saturated rings. The maximum atomic E-state index is 6.22. The molecule has 0 aliphatic rings. The third kappa shape index (κ3) is 4.24. The van der Waals surface area contributed by atoms with Gasteiger partial charge in [0, 0.05) is 6.54 Å². The van der Waals surface area contributed by atoms with E-state index in [4.69, 9.17) is 21.1 Å². The van der Waals surface area contributed by atoms with Crippen LogP contribution in [0.5, 0.6) is 11.5 Å². The van der Waals surface area contributed by atoms with E-state index in [0.29, 0.717) is 29.7 Å². The molecular formula is C14H20ClNO2. The summed E-state index contributed by atoms with van der Waals surface area (Å²) in [7, 11) is 0. The molecule has 100 valence electrons. The molecule has 0 radical (unpaired) electrons. The Morgan fingerprint density at radius 3 is 2.72 bits per heavy atom. The van der Waals surface area contributed by atoms with Gasteiger partial charge in [-0.05, 0) is 31.2 Å². The zero-order valence-electron chi connectivity index (χ0n) is 11.0. The van der Waals surface area contributed by atoms with Gasteiger partial charge >= 0.3 is 0 Å². The van der Waals surface area contributed by atoms with Crippen LogP contribution >= 0.6 is 11.6 Å². The molecule has 1 N–H and O–H groups in total. The van der Waals surface area contributed by atoms with Crippen molar-refractivity contribution < 1.29 is 9.47 Å². The molecule has 0 saturated carbocycles. The smallest absolute Gasteiger partial charge is 0.180 e. The van der Waals surface area contributed by atoms with Gasteiger partial charge in [0.05, 0.1) is 11.6 Å². The summed E-state index contributed by atoms with van der Waals surface area (Å²) in [4.78, 5) is 0. The summed E-state index contributed by atoms with van der Waals surface area (Å²) in [6.45, 7) is 10.3. The molecule has 0 atom stereocenters. The van der Waals surface area contributed by atoms with Gasteiger partial charge in [-0.3, -0.25) is 0 Å². The highest BCUT2D eigenvalue weighted by Gasteiger charge is 2.12. The van der Waals surface area contributed by atoms with Gasteiger partial charge in [-0.2, -0.15) is 0 Å². The molecule has 1 aromatic carbocycles. The van der Waals surface area contributed by atoms with Crippen LogP contribution in [0.1, 0.15) is 19.4 Å². The summed E-state index contributed by atoms with van der Waals surface area (Å²) < 4.78 is 11.1. The number of nitrogens with one attached hydrogen (secondary N) is 1. The Kier molecular flexibility index (Phi) is 6.61. The number of hydrogen-bond acceptors (Lipinski definition) is 3. The van der Waals surface area contributed by atoms with E-state index in [1.807, 2.05) is 19.1 Å². The van der Waals surface area contributed by atoms with Crippen molar-refractivity contribution in [3.63, 3.8) is 0 Å². The van der Waals surface area contributed by atoms with Gasteiger partial charge in [0.1, 0.15) is 6.61 Å². The molecule has 0 heterocycles. The van der Waals surface area contributed by atoms with Crippen LogP contribution in [-0.4, -0.2) is 19.8 Å². The summed E-state index contributed by atoms with van der Waals surface area (Å²) in [5, 5.41) is 3.82. The first-order valence-electron chi connectivity index (χ1n) is 6.12. The highest BCUT2D eigenvalue weighted by Crippen LogP contribution is 2.36. The highest BCUT2D eigenvalue weighted by atomic mass is 35.5. The predicted molar refractivity (Wildman–Crippen MR) is 75.7 cm³/mol. The van der Waals surface area contributed by atoms with E-state index >= 15 is 0 Å². The number of halogens is 1. The first-order valence-corrected chi connectivity index (χ1v) is 6.50. The predicted octanol–water partition coefficient (Wildman–Crippen LogP) is 3.41. The molecule has 4 heteroatoms. The fraction of sp³-hybridized carbons (Fsp3) is 0.429. The fourth-order valence-electron chi connectivity index (χ4n) is 1.54. The molecule has 0 unspecified atom stereocenters. The standard InChI is InChI=1S/C14H20ClNO2/c1-4-7-18-14-12(15)8-11(10-16-5-2)9-13(14)17-6-3/h4,8-9,16H,1,5-7,10H2,2-3H3. The molecular weight excluding hydrogens is 250 g/mol. The Balaban J connectivity index is 2.97. The Bertz CT molecular complexity index is 394. The largest absolute Gasteiger partial charge is 0.490 e. The van der Waals surface area contributed by atoms with Crippen molar-refractivity contribution in [3.05, 3.63) is 35.4 Å². The van der Waals surface area contributed by atoms with Crippen molar-refractivity contribution in [2.45, 2.75) is 20.4 Å². The Morgan fingerprint density at radius 2 is 2.11 bits per heavy atom. The molecule has 0 spiro atoms. The lowest BCUT2D eigenvalue weighted by Crippen LogP contribution is -2.12. The van der Waals surface area contributed by atoms with Gasteiger partial charge in [-0.1, -0.05) is 31.2 Å². The molecule has 0 aliphatic heterocycles. The van der Waals surface area contributed by atoms with Gasteiger partial charge in [-0.15, -0.1) is 0 Å². The number of ether oxygens (including phenoxy) is 2. The van der Waals surface area contributed by atoms with Gasteiger partial charge in [-0.25, -0.2) is 0 Å². The van der Waals surface area contributed by atoms with E-state index in [1.165, 1.54) is 0 Å². The first-order chi connectivity index (χ1) is 8.72. The molecule has 0 aromatic heterocycles. The minimum Gasteiger partial charge on any atom is -0.490 e. The summed E-state index contributed by atoms with van der Waals surface area (Å²) >= 11 is 6.22. The minimum absolute atomic E-state index is 0.409. The van der Waals surface area contributed by atoms with Crippen molar-refractivity contribution in [2.75, 3.05) is 19.8 Å². The normalized spacial score (nSPS) is 10.2. The molecule has 1 rings (SSSR count). The SMILES string of the molecule is C=CCOc1c(Cl)cc(CNCC)cc1OCC. The van der Waals surface area contributed by atoms with Crippen molar-refractivity contribution >= 4 is 11.6 Å². The van der Waals surface area contributed by atoms with E-state index in [1.54, 1.807) is 6.08 Å². The van der Waals surface area contributed by atoms with Crippen molar-refractivity contribution in [3.8, 4) is 11.5 Å². The van der Waals surface area contributed by atoms with Gasteiger partial charge in [0.2, 0.25) is 0 Å². The monoisotopic (exact) mass is 269 g/mol. The highest BCUT2D eigenvalue weighted by molar-refractivity contribution is 6.32. The average molecular weight is 270 g/mol. The average Bonchev–Trinajstić information content (AvgIpc) is 2.36.